The lowest BCUT2D eigenvalue weighted by atomic mass is 10.3. The summed E-state index contributed by atoms with van der Waals surface area (Å²) < 4.78 is 4.92. The summed E-state index contributed by atoms with van der Waals surface area (Å²) in [5.41, 5.74) is 2.46. The maximum atomic E-state index is 5.35. The fourth-order valence-corrected chi connectivity index (χ4v) is 2.41. The number of fused-ring (bicyclic) bond motifs is 1. The largest absolute Gasteiger partial charge is 0.369 e. The molecule has 0 amide bonds. The highest BCUT2D eigenvalue weighted by Crippen LogP contribution is 2.26. The van der Waals surface area contributed by atoms with Gasteiger partial charge < -0.3 is 9.84 Å². The molecule has 3 rings (SSSR count). The molecule has 9 heteroatoms. The summed E-state index contributed by atoms with van der Waals surface area (Å²) in [6.45, 7) is 0.633. The average Bonchev–Trinajstić information content (AvgIpc) is 3.08. The monoisotopic (exact) mass is 277 g/mol. The minimum Gasteiger partial charge on any atom is -0.369 e. The Labute approximate surface area is 112 Å². The number of nitrogens with one attached hydrogen (secondary N) is 2. The van der Waals surface area contributed by atoms with Gasteiger partial charge in [0.05, 0.1) is 5.39 Å². The average molecular weight is 277 g/mol. The normalized spacial score (nSPS) is 10.8. The molecule has 0 spiro atoms. The van der Waals surface area contributed by atoms with Crippen LogP contribution in [0, 0.1) is 0 Å². The van der Waals surface area contributed by atoms with Crippen molar-refractivity contribution in [2.24, 2.45) is 5.84 Å². The number of anilines is 2. The van der Waals surface area contributed by atoms with Gasteiger partial charge in [-0.2, -0.15) is 9.97 Å². The second-order valence-electron chi connectivity index (χ2n) is 3.69. The van der Waals surface area contributed by atoms with Gasteiger partial charge in [0.15, 0.2) is 6.33 Å². The molecule has 19 heavy (non-hydrogen) atoms. The lowest BCUT2D eigenvalue weighted by Crippen LogP contribution is -2.13. The van der Waals surface area contributed by atoms with Gasteiger partial charge in [0.25, 0.3) is 0 Å². The van der Waals surface area contributed by atoms with Gasteiger partial charge >= 0.3 is 0 Å². The van der Waals surface area contributed by atoms with Crippen molar-refractivity contribution in [1.82, 2.24) is 20.1 Å². The van der Waals surface area contributed by atoms with E-state index < -0.39 is 0 Å². The van der Waals surface area contributed by atoms with E-state index in [1.807, 2.05) is 11.4 Å². The predicted octanol–water partition coefficient (Wildman–Crippen LogP) is 1.01. The Bertz CT molecular complexity index is 666. The molecule has 8 nitrogen and oxygen atoms in total. The van der Waals surface area contributed by atoms with Gasteiger partial charge in [-0.25, -0.2) is 10.8 Å². The number of hydrogen-bond acceptors (Lipinski definition) is 9. The molecule has 4 N–H and O–H groups in total. The Kier molecular flexibility index (Phi) is 3.21. The van der Waals surface area contributed by atoms with Gasteiger partial charge in [-0.15, -0.1) is 11.3 Å². The zero-order valence-electron chi connectivity index (χ0n) is 9.83. The lowest BCUT2D eigenvalue weighted by molar-refractivity contribution is 0.380. The molecular formula is C10H11N7OS. The molecule has 0 aliphatic carbocycles. The zero-order chi connectivity index (χ0) is 13.1. The molecule has 0 atom stereocenters. The highest BCUT2D eigenvalue weighted by Gasteiger charge is 2.08. The Morgan fingerprint density at radius 3 is 3.11 bits per heavy atom. The van der Waals surface area contributed by atoms with E-state index in [-0.39, 0.29) is 0 Å². The van der Waals surface area contributed by atoms with Crippen molar-refractivity contribution >= 4 is 33.3 Å². The first-order chi connectivity index (χ1) is 9.36. The molecule has 0 aliphatic heterocycles. The first-order valence-corrected chi connectivity index (χ1v) is 6.46. The maximum Gasteiger partial charge on any atom is 0.240 e. The van der Waals surface area contributed by atoms with Crippen LogP contribution in [0.5, 0.6) is 0 Å². The summed E-state index contributed by atoms with van der Waals surface area (Å²) >= 11 is 1.53. The van der Waals surface area contributed by atoms with Crippen molar-refractivity contribution in [2.45, 2.75) is 6.42 Å². The van der Waals surface area contributed by atoms with Crippen molar-refractivity contribution in [3.05, 3.63) is 23.7 Å². The fourth-order valence-electron chi connectivity index (χ4n) is 1.65. The minimum absolute atomic E-state index is 0.384. The SMILES string of the molecule is NNc1nc(NCCc2ncno2)c2ccsc2n1. The molecule has 0 bridgehead atoms. The minimum atomic E-state index is 0.384. The van der Waals surface area contributed by atoms with E-state index in [4.69, 9.17) is 10.4 Å². The molecule has 0 unspecified atom stereocenters. The van der Waals surface area contributed by atoms with Crippen LogP contribution < -0.4 is 16.6 Å². The van der Waals surface area contributed by atoms with Crippen molar-refractivity contribution in [2.75, 3.05) is 17.3 Å². The number of hydrogen-bond donors (Lipinski definition) is 3. The highest BCUT2D eigenvalue weighted by molar-refractivity contribution is 7.16. The number of nitrogens with two attached hydrogens (primary N) is 1. The summed E-state index contributed by atoms with van der Waals surface area (Å²) in [5, 5.41) is 9.70. The summed E-state index contributed by atoms with van der Waals surface area (Å²) in [6.07, 6.45) is 2.01. The molecule has 0 radical (unpaired) electrons. The molecule has 98 valence electrons. The second-order valence-corrected chi connectivity index (χ2v) is 4.59. The predicted molar refractivity (Wildman–Crippen MR) is 71.7 cm³/mol. The lowest BCUT2D eigenvalue weighted by Gasteiger charge is -2.07. The number of rotatable bonds is 5. The maximum absolute atomic E-state index is 5.35. The third-order valence-electron chi connectivity index (χ3n) is 2.49. The Balaban J connectivity index is 1.77. The van der Waals surface area contributed by atoms with Crippen LogP contribution in [0.1, 0.15) is 5.89 Å². The summed E-state index contributed by atoms with van der Waals surface area (Å²) in [5.74, 6) is 7.06. The van der Waals surface area contributed by atoms with Gasteiger partial charge in [0, 0.05) is 13.0 Å². The summed E-state index contributed by atoms with van der Waals surface area (Å²) in [4.78, 5) is 13.4. The van der Waals surface area contributed by atoms with E-state index in [1.54, 1.807) is 0 Å². The van der Waals surface area contributed by atoms with Gasteiger partial charge in [-0.05, 0) is 11.4 Å². The number of aromatic nitrogens is 4. The molecule has 0 fully saturated rings. The topological polar surface area (TPSA) is 115 Å². The van der Waals surface area contributed by atoms with Crippen LogP contribution >= 0.6 is 11.3 Å². The van der Waals surface area contributed by atoms with E-state index in [1.165, 1.54) is 17.7 Å². The van der Waals surface area contributed by atoms with E-state index in [9.17, 15) is 0 Å². The van der Waals surface area contributed by atoms with Crippen LogP contribution in [0.25, 0.3) is 10.2 Å². The quantitative estimate of drug-likeness (QED) is 0.467. The van der Waals surface area contributed by atoms with Crippen molar-refractivity contribution in [1.29, 1.82) is 0 Å². The molecule has 3 aromatic heterocycles. The van der Waals surface area contributed by atoms with Crippen LogP contribution in [-0.4, -0.2) is 26.7 Å². The molecule has 0 saturated carbocycles. The van der Waals surface area contributed by atoms with Crippen LogP contribution in [0.15, 0.2) is 22.3 Å². The third-order valence-corrected chi connectivity index (χ3v) is 3.30. The first kappa shape index (κ1) is 11.8. The van der Waals surface area contributed by atoms with Crippen LogP contribution in [0.4, 0.5) is 11.8 Å². The number of thiophene rings is 1. The van der Waals surface area contributed by atoms with Crippen molar-refractivity contribution in [3.63, 3.8) is 0 Å². The van der Waals surface area contributed by atoms with Crippen molar-refractivity contribution < 1.29 is 4.52 Å². The van der Waals surface area contributed by atoms with Gasteiger partial charge in [0.2, 0.25) is 11.8 Å². The number of nitrogens with zero attached hydrogens (tertiary/aromatic N) is 4. The third kappa shape index (κ3) is 2.46. The van der Waals surface area contributed by atoms with Crippen LogP contribution in [0.2, 0.25) is 0 Å². The van der Waals surface area contributed by atoms with Gasteiger partial charge in [0.1, 0.15) is 10.6 Å². The molecule has 3 aromatic rings. The van der Waals surface area contributed by atoms with E-state index in [2.05, 4.69) is 30.9 Å². The van der Waals surface area contributed by atoms with Gasteiger partial charge in [-0.1, -0.05) is 5.16 Å². The second kappa shape index (κ2) is 5.16. The number of nitrogen functional groups attached to an aromatic ring is 1. The standard InChI is InChI=1S/C10H11N7OS/c11-17-10-15-8(6-2-4-19-9(6)16-10)12-3-1-7-13-5-14-18-7/h2,4-5H,1,3,11H2,(H2,12,15,16,17). The first-order valence-electron chi connectivity index (χ1n) is 5.58. The summed E-state index contributed by atoms with van der Waals surface area (Å²) in [6, 6.07) is 1.97. The molecule has 0 aliphatic rings. The molecule has 0 aromatic carbocycles. The van der Waals surface area contributed by atoms with E-state index >= 15 is 0 Å². The van der Waals surface area contributed by atoms with E-state index in [0.29, 0.717) is 24.8 Å². The Morgan fingerprint density at radius 1 is 1.37 bits per heavy atom. The molecular weight excluding hydrogens is 266 g/mol. The van der Waals surface area contributed by atoms with Crippen LogP contribution in [0.3, 0.4) is 0 Å². The molecule has 0 saturated heterocycles. The zero-order valence-corrected chi connectivity index (χ0v) is 10.6. The Hall–Kier alpha value is -2.26. The molecule has 3 heterocycles. The van der Waals surface area contributed by atoms with Crippen LogP contribution in [-0.2, 0) is 6.42 Å². The fraction of sp³-hybridized carbons (Fsp3) is 0.200. The Morgan fingerprint density at radius 2 is 2.32 bits per heavy atom. The number of hydrazine groups is 1. The van der Waals surface area contributed by atoms with Crippen molar-refractivity contribution in [3.8, 4) is 0 Å². The highest BCUT2D eigenvalue weighted by atomic mass is 32.1. The summed E-state index contributed by atoms with van der Waals surface area (Å²) in [7, 11) is 0. The van der Waals surface area contributed by atoms with E-state index in [0.717, 1.165) is 16.0 Å². The van der Waals surface area contributed by atoms with Gasteiger partial charge in [-0.3, -0.25) is 5.43 Å². The smallest absolute Gasteiger partial charge is 0.240 e.